The molecule has 8 heteroatoms. The summed E-state index contributed by atoms with van der Waals surface area (Å²) in [5, 5.41) is 3.16. The highest BCUT2D eigenvalue weighted by molar-refractivity contribution is 14.1. The van der Waals surface area contributed by atoms with E-state index in [0.717, 1.165) is 3.57 Å². The molecule has 2 amide bonds. The largest absolute Gasteiger partial charge is 0.463 e. The molecule has 23 heavy (non-hydrogen) atoms. The Labute approximate surface area is 151 Å². The lowest BCUT2D eigenvalue weighted by molar-refractivity contribution is -0.137. The maximum atomic E-state index is 12.1. The van der Waals surface area contributed by atoms with Gasteiger partial charge in [0.15, 0.2) is 0 Å². The van der Waals surface area contributed by atoms with Crippen LogP contribution >= 0.6 is 34.4 Å². The molecule has 2 rings (SSSR count). The van der Waals surface area contributed by atoms with Crippen LogP contribution in [-0.2, 0) is 19.1 Å². The quantitative estimate of drug-likeness (QED) is 0.427. The Balaban J connectivity index is 2.01. The molecule has 0 unspecified atom stereocenters. The first-order valence-corrected chi connectivity index (χ1v) is 8.93. The highest BCUT2D eigenvalue weighted by Gasteiger charge is 2.29. The molecule has 1 aromatic rings. The van der Waals surface area contributed by atoms with Crippen LogP contribution in [0.15, 0.2) is 35.4 Å². The Hall–Kier alpha value is -1.55. The Morgan fingerprint density at radius 3 is 2.74 bits per heavy atom. The van der Waals surface area contributed by atoms with Gasteiger partial charge < -0.3 is 10.1 Å². The molecule has 122 valence electrons. The summed E-state index contributed by atoms with van der Waals surface area (Å²) in [5.74, 6) is -0.838. The van der Waals surface area contributed by atoms with Crippen LogP contribution in [0.2, 0.25) is 0 Å². The van der Waals surface area contributed by atoms with Gasteiger partial charge in [0.2, 0.25) is 11.8 Å². The van der Waals surface area contributed by atoms with Crippen LogP contribution in [0.3, 0.4) is 0 Å². The second kappa shape index (κ2) is 8.34. The summed E-state index contributed by atoms with van der Waals surface area (Å²) in [5.41, 5.74) is 0.658. The molecule has 1 heterocycles. The molecule has 0 atom stereocenters. The topological polar surface area (TPSA) is 75.7 Å². The van der Waals surface area contributed by atoms with E-state index in [-0.39, 0.29) is 30.7 Å². The van der Waals surface area contributed by atoms with Gasteiger partial charge in [0.25, 0.3) is 0 Å². The van der Waals surface area contributed by atoms with Crippen LogP contribution < -0.4 is 5.32 Å². The van der Waals surface area contributed by atoms with Gasteiger partial charge in [0.05, 0.1) is 23.5 Å². The number of halogens is 1. The van der Waals surface area contributed by atoms with Crippen LogP contribution in [-0.4, -0.2) is 41.6 Å². The zero-order valence-electron chi connectivity index (χ0n) is 12.4. The summed E-state index contributed by atoms with van der Waals surface area (Å²) in [4.78, 5) is 36.8. The van der Waals surface area contributed by atoms with Crippen molar-refractivity contribution in [3.8, 4) is 0 Å². The molecule has 0 saturated carbocycles. The summed E-state index contributed by atoms with van der Waals surface area (Å²) in [7, 11) is 0. The maximum absolute atomic E-state index is 12.1. The van der Waals surface area contributed by atoms with Crippen molar-refractivity contribution in [3.63, 3.8) is 0 Å². The third-order valence-electron chi connectivity index (χ3n) is 2.87. The van der Waals surface area contributed by atoms with E-state index in [1.807, 2.05) is 12.1 Å². The predicted molar refractivity (Wildman–Crippen MR) is 96.7 cm³/mol. The molecule has 0 radical (unpaired) electrons. The van der Waals surface area contributed by atoms with Gasteiger partial charge in [-0.25, -0.2) is 4.79 Å². The minimum absolute atomic E-state index is 0.136. The van der Waals surface area contributed by atoms with Crippen LogP contribution in [0.4, 0.5) is 5.69 Å². The van der Waals surface area contributed by atoms with Gasteiger partial charge >= 0.3 is 5.97 Å². The molecule has 1 N–H and O–H groups in total. The number of nitrogens with one attached hydrogen (secondary N) is 1. The molecule has 1 aliphatic rings. The first-order chi connectivity index (χ1) is 11.0. The molecule has 0 aliphatic carbocycles. The van der Waals surface area contributed by atoms with Crippen LogP contribution in [0.25, 0.3) is 0 Å². The van der Waals surface area contributed by atoms with E-state index in [0.29, 0.717) is 10.7 Å². The highest BCUT2D eigenvalue weighted by atomic mass is 127. The Bertz CT molecular complexity index is 645. The molecular weight excluding hydrogens is 431 g/mol. The highest BCUT2D eigenvalue weighted by Crippen LogP contribution is 2.28. The van der Waals surface area contributed by atoms with Crippen LogP contribution in [0.5, 0.6) is 0 Å². The first-order valence-electron chi connectivity index (χ1n) is 6.86. The molecular formula is C15H15IN2O4S. The number of carbonyl (C=O) groups is 3. The van der Waals surface area contributed by atoms with Crippen molar-refractivity contribution in [3.05, 3.63) is 38.9 Å². The number of benzene rings is 1. The smallest absolute Gasteiger partial charge is 0.333 e. The SMILES string of the molecule is CCOC(=O)/C=C1\SCC(=O)N1CC(=O)Nc1ccc(I)cc1. The monoisotopic (exact) mass is 446 g/mol. The summed E-state index contributed by atoms with van der Waals surface area (Å²) < 4.78 is 5.89. The Morgan fingerprint density at radius 2 is 2.09 bits per heavy atom. The molecule has 0 aromatic heterocycles. The van der Waals surface area contributed by atoms with Crippen molar-refractivity contribution in [2.24, 2.45) is 0 Å². The number of carbonyl (C=O) groups excluding carboxylic acids is 3. The van der Waals surface area contributed by atoms with Gasteiger partial charge in [0.1, 0.15) is 6.54 Å². The maximum Gasteiger partial charge on any atom is 0.333 e. The summed E-state index contributed by atoms with van der Waals surface area (Å²) in [6.07, 6.45) is 1.25. The van der Waals surface area contributed by atoms with E-state index >= 15 is 0 Å². The number of ether oxygens (including phenoxy) is 1. The third-order valence-corrected chi connectivity index (χ3v) is 4.61. The molecule has 0 bridgehead atoms. The fourth-order valence-corrected chi connectivity index (χ4v) is 3.15. The predicted octanol–water partition coefficient (Wildman–Crippen LogP) is 2.21. The summed E-state index contributed by atoms with van der Waals surface area (Å²) >= 11 is 3.39. The van der Waals surface area contributed by atoms with Gasteiger partial charge in [0, 0.05) is 9.26 Å². The van der Waals surface area contributed by atoms with E-state index in [9.17, 15) is 14.4 Å². The van der Waals surface area contributed by atoms with Crippen molar-refractivity contribution in [2.75, 3.05) is 24.2 Å². The van der Waals surface area contributed by atoms with E-state index < -0.39 is 5.97 Å². The van der Waals surface area contributed by atoms with Gasteiger partial charge in [-0.15, -0.1) is 0 Å². The second-order valence-electron chi connectivity index (χ2n) is 4.56. The Kier molecular flexibility index (Phi) is 6.46. The minimum Gasteiger partial charge on any atom is -0.463 e. The van der Waals surface area contributed by atoms with Gasteiger partial charge in [-0.3, -0.25) is 14.5 Å². The van der Waals surface area contributed by atoms with E-state index in [1.165, 1.54) is 22.7 Å². The van der Waals surface area contributed by atoms with E-state index in [2.05, 4.69) is 27.9 Å². The van der Waals surface area contributed by atoms with Crippen molar-refractivity contribution in [2.45, 2.75) is 6.92 Å². The van der Waals surface area contributed by atoms with Gasteiger partial charge in [-0.1, -0.05) is 11.8 Å². The van der Waals surface area contributed by atoms with Crippen LogP contribution in [0, 0.1) is 3.57 Å². The zero-order valence-corrected chi connectivity index (χ0v) is 15.3. The van der Waals surface area contributed by atoms with Gasteiger partial charge in [-0.2, -0.15) is 0 Å². The van der Waals surface area contributed by atoms with Crippen molar-refractivity contribution < 1.29 is 19.1 Å². The fourth-order valence-electron chi connectivity index (χ4n) is 1.86. The van der Waals surface area contributed by atoms with E-state index in [1.54, 1.807) is 19.1 Å². The average molecular weight is 446 g/mol. The second-order valence-corrected chi connectivity index (χ2v) is 6.80. The number of anilines is 1. The number of nitrogens with zero attached hydrogens (tertiary/aromatic N) is 1. The van der Waals surface area contributed by atoms with E-state index in [4.69, 9.17) is 4.74 Å². The molecule has 1 aliphatic heterocycles. The average Bonchev–Trinajstić information content (AvgIpc) is 2.83. The number of hydrogen-bond donors (Lipinski definition) is 1. The molecule has 1 fully saturated rings. The van der Waals surface area contributed by atoms with Crippen LogP contribution in [0.1, 0.15) is 6.92 Å². The Morgan fingerprint density at radius 1 is 1.39 bits per heavy atom. The minimum atomic E-state index is -0.521. The number of esters is 1. The molecule has 1 saturated heterocycles. The van der Waals surface area contributed by atoms with Crippen molar-refractivity contribution in [1.82, 2.24) is 4.90 Å². The lowest BCUT2D eigenvalue weighted by atomic mass is 10.3. The number of hydrogen-bond acceptors (Lipinski definition) is 5. The normalized spacial score (nSPS) is 15.8. The number of amides is 2. The standard InChI is InChI=1S/C15H15IN2O4S/c1-2-22-15(21)7-14-18(13(20)9-23-14)8-12(19)17-11-5-3-10(16)4-6-11/h3-7H,2,8-9H2,1H3,(H,17,19)/b14-7-. The lowest BCUT2D eigenvalue weighted by Crippen LogP contribution is -2.34. The summed E-state index contributed by atoms with van der Waals surface area (Å²) in [6.45, 7) is 1.83. The van der Waals surface area contributed by atoms with Crippen molar-refractivity contribution >= 4 is 57.8 Å². The molecule has 1 aromatic carbocycles. The first kappa shape index (κ1) is 17.8. The zero-order chi connectivity index (χ0) is 16.8. The molecule has 0 spiro atoms. The summed E-state index contributed by atoms with van der Waals surface area (Å²) in [6, 6.07) is 7.32. The molecule has 6 nitrogen and oxygen atoms in total. The van der Waals surface area contributed by atoms with Gasteiger partial charge in [-0.05, 0) is 53.8 Å². The van der Waals surface area contributed by atoms with Crippen molar-refractivity contribution in [1.29, 1.82) is 0 Å². The number of thioether (sulfide) groups is 1. The fraction of sp³-hybridized carbons (Fsp3) is 0.267. The third kappa shape index (κ3) is 5.24. The number of rotatable bonds is 5. The lowest BCUT2D eigenvalue weighted by Gasteiger charge is -2.16.